The number of likely N-dealkylation sites (N-methyl/N-ethyl adjacent to an activating group) is 1. The Hall–Kier alpha value is -1.88. The lowest BCUT2D eigenvalue weighted by Gasteiger charge is -2.55. The highest BCUT2D eigenvalue weighted by atomic mass is 16.2. The minimum atomic E-state index is -0.0986. The maximum absolute atomic E-state index is 13.0. The van der Waals surface area contributed by atoms with E-state index in [9.17, 15) is 9.59 Å². The lowest BCUT2D eigenvalue weighted by atomic mass is 9.49. The van der Waals surface area contributed by atoms with Crippen molar-refractivity contribution >= 4 is 11.8 Å². The van der Waals surface area contributed by atoms with Crippen molar-refractivity contribution in [3.8, 4) is 0 Å². The molecule has 4 aliphatic carbocycles. The van der Waals surface area contributed by atoms with Crippen molar-refractivity contribution in [1.82, 2.24) is 16.0 Å². The third kappa shape index (κ3) is 3.95. The third-order valence-corrected chi connectivity index (χ3v) is 7.25. The zero-order chi connectivity index (χ0) is 19.7. The van der Waals surface area contributed by atoms with Gasteiger partial charge in [0.05, 0.1) is 0 Å². The number of hydrogen-bond donors (Lipinski definition) is 3. The molecule has 4 aliphatic rings. The van der Waals surface area contributed by atoms with Crippen LogP contribution in [-0.2, 0) is 11.3 Å². The third-order valence-electron chi connectivity index (χ3n) is 7.25. The molecule has 1 unspecified atom stereocenters. The van der Waals surface area contributed by atoms with E-state index in [1.807, 2.05) is 38.2 Å². The van der Waals surface area contributed by atoms with E-state index in [4.69, 9.17) is 0 Å². The molecule has 0 radical (unpaired) electrons. The van der Waals surface area contributed by atoms with E-state index >= 15 is 0 Å². The fourth-order valence-corrected chi connectivity index (χ4v) is 5.98. The zero-order valence-electron chi connectivity index (χ0n) is 17.1. The van der Waals surface area contributed by atoms with Crippen molar-refractivity contribution in [3.05, 3.63) is 35.4 Å². The number of nitrogens with one attached hydrogen (secondary N) is 3. The molecule has 2 amide bonds. The van der Waals surface area contributed by atoms with Crippen molar-refractivity contribution in [2.45, 2.75) is 58.0 Å². The summed E-state index contributed by atoms with van der Waals surface area (Å²) in [6, 6.07) is 7.80. The maximum Gasteiger partial charge on any atom is 0.251 e. The molecule has 4 saturated carbocycles. The van der Waals surface area contributed by atoms with E-state index < -0.39 is 0 Å². The zero-order valence-corrected chi connectivity index (χ0v) is 17.1. The van der Waals surface area contributed by atoms with E-state index in [0.29, 0.717) is 18.7 Å². The molecule has 28 heavy (non-hydrogen) atoms. The van der Waals surface area contributed by atoms with Gasteiger partial charge in [0.2, 0.25) is 5.91 Å². The summed E-state index contributed by atoms with van der Waals surface area (Å²) in [5.41, 5.74) is 1.59. The van der Waals surface area contributed by atoms with E-state index in [-0.39, 0.29) is 23.3 Å². The van der Waals surface area contributed by atoms with Crippen LogP contribution in [0.25, 0.3) is 0 Å². The SMILES string of the molecule is CNC(C)CNC(=O)c1ccc(CNC(=O)C23CC4CC(CC(C4)C2)C3)cc1. The Morgan fingerprint density at radius 1 is 1.00 bits per heavy atom. The van der Waals surface area contributed by atoms with Gasteiger partial charge in [-0.1, -0.05) is 12.1 Å². The van der Waals surface area contributed by atoms with E-state index in [1.54, 1.807) is 0 Å². The molecule has 5 nitrogen and oxygen atoms in total. The van der Waals surface area contributed by atoms with Crippen molar-refractivity contribution < 1.29 is 9.59 Å². The van der Waals surface area contributed by atoms with Crippen LogP contribution < -0.4 is 16.0 Å². The van der Waals surface area contributed by atoms with Crippen LogP contribution in [0, 0.1) is 23.2 Å². The standard InChI is InChI=1S/C23H33N3O2/c1-15(24-2)13-25-21(27)20-5-3-16(4-6-20)14-26-22(28)23-10-17-7-18(11-23)9-19(8-17)12-23/h3-6,15,17-19,24H,7-14H2,1-2H3,(H,25,27)(H,26,28). The fourth-order valence-electron chi connectivity index (χ4n) is 5.98. The molecule has 0 heterocycles. The van der Waals surface area contributed by atoms with Gasteiger partial charge in [0.25, 0.3) is 5.91 Å². The van der Waals surface area contributed by atoms with E-state index in [0.717, 1.165) is 42.6 Å². The average Bonchev–Trinajstić information content (AvgIpc) is 2.69. The first kappa shape index (κ1) is 19.4. The quantitative estimate of drug-likeness (QED) is 0.678. The summed E-state index contributed by atoms with van der Waals surface area (Å²) < 4.78 is 0. The Balaban J connectivity index is 1.30. The molecule has 3 N–H and O–H groups in total. The van der Waals surface area contributed by atoms with Crippen LogP contribution in [0.15, 0.2) is 24.3 Å². The topological polar surface area (TPSA) is 70.2 Å². The first-order valence-electron chi connectivity index (χ1n) is 10.8. The van der Waals surface area contributed by atoms with Crippen LogP contribution in [0.2, 0.25) is 0 Å². The lowest BCUT2D eigenvalue weighted by molar-refractivity contribution is -0.146. The van der Waals surface area contributed by atoms with Gasteiger partial charge in [0, 0.05) is 30.1 Å². The van der Waals surface area contributed by atoms with Crippen molar-refractivity contribution in [2.75, 3.05) is 13.6 Å². The van der Waals surface area contributed by atoms with Gasteiger partial charge >= 0.3 is 0 Å². The maximum atomic E-state index is 13.0. The lowest BCUT2D eigenvalue weighted by Crippen LogP contribution is -2.53. The highest BCUT2D eigenvalue weighted by Gasteiger charge is 2.54. The first-order valence-corrected chi connectivity index (χ1v) is 10.8. The molecule has 5 heteroatoms. The van der Waals surface area contributed by atoms with E-state index in [2.05, 4.69) is 16.0 Å². The van der Waals surface area contributed by atoms with Gasteiger partial charge < -0.3 is 16.0 Å². The van der Waals surface area contributed by atoms with Crippen LogP contribution in [0.1, 0.15) is 61.4 Å². The van der Waals surface area contributed by atoms with Gasteiger partial charge in [0.15, 0.2) is 0 Å². The summed E-state index contributed by atoms with van der Waals surface area (Å²) in [5.74, 6) is 2.53. The molecular formula is C23H33N3O2. The van der Waals surface area contributed by atoms with Crippen molar-refractivity contribution in [2.24, 2.45) is 23.2 Å². The molecule has 5 rings (SSSR count). The summed E-state index contributed by atoms with van der Waals surface area (Å²) in [5, 5.41) is 9.23. The van der Waals surface area contributed by atoms with Gasteiger partial charge in [-0.3, -0.25) is 9.59 Å². The molecule has 4 fully saturated rings. The van der Waals surface area contributed by atoms with Crippen molar-refractivity contribution in [3.63, 3.8) is 0 Å². The van der Waals surface area contributed by atoms with Crippen molar-refractivity contribution in [1.29, 1.82) is 0 Å². The number of rotatable bonds is 7. The highest BCUT2D eigenvalue weighted by Crippen LogP contribution is 2.60. The Morgan fingerprint density at radius 3 is 2.11 bits per heavy atom. The van der Waals surface area contributed by atoms with Gasteiger partial charge in [-0.05, 0) is 87.9 Å². The molecule has 0 spiro atoms. The van der Waals surface area contributed by atoms with Crippen LogP contribution in [-0.4, -0.2) is 31.4 Å². The van der Waals surface area contributed by atoms with Crippen LogP contribution in [0.5, 0.6) is 0 Å². The molecule has 1 atom stereocenters. The van der Waals surface area contributed by atoms with Gasteiger partial charge in [0.1, 0.15) is 0 Å². The Kier molecular flexibility index (Phi) is 5.46. The largest absolute Gasteiger partial charge is 0.352 e. The Bertz CT molecular complexity index is 693. The number of hydrogen-bond acceptors (Lipinski definition) is 3. The Morgan fingerprint density at radius 2 is 1.57 bits per heavy atom. The predicted octanol–water partition coefficient (Wildman–Crippen LogP) is 2.86. The second kappa shape index (κ2) is 7.86. The summed E-state index contributed by atoms with van der Waals surface area (Å²) in [6.07, 6.45) is 7.33. The van der Waals surface area contributed by atoms with Gasteiger partial charge in [-0.15, -0.1) is 0 Å². The first-order chi connectivity index (χ1) is 13.5. The molecule has 1 aromatic rings. The van der Waals surface area contributed by atoms with Crippen LogP contribution >= 0.6 is 0 Å². The van der Waals surface area contributed by atoms with Crippen LogP contribution in [0.4, 0.5) is 0 Å². The number of carbonyl (C=O) groups is 2. The van der Waals surface area contributed by atoms with Crippen LogP contribution in [0.3, 0.4) is 0 Å². The minimum absolute atomic E-state index is 0.0637. The molecule has 0 saturated heterocycles. The molecular weight excluding hydrogens is 350 g/mol. The molecule has 0 aliphatic heterocycles. The smallest absolute Gasteiger partial charge is 0.251 e. The molecule has 4 bridgehead atoms. The normalized spacial score (nSPS) is 31.4. The summed E-state index contributed by atoms with van der Waals surface area (Å²) in [7, 11) is 1.88. The summed E-state index contributed by atoms with van der Waals surface area (Å²) >= 11 is 0. The molecule has 1 aromatic carbocycles. The predicted molar refractivity (Wildman–Crippen MR) is 110 cm³/mol. The summed E-state index contributed by atoms with van der Waals surface area (Å²) in [6.45, 7) is 3.16. The van der Waals surface area contributed by atoms with E-state index in [1.165, 1.54) is 19.3 Å². The summed E-state index contributed by atoms with van der Waals surface area (Å²) in [4.78, 5) is 25.2. The molecule has 152 valence electrons. The highest BCUT2D eigenvalue weighted by molar-refractivity contribution is 5.94. The Labute approximate surface area is 168 Å². The second-order valence-electron chi connectivity index (χ2n) is 9.48. The molecule has 0 aromatic heterocycles. The minimum Gasteiger partial charge on any atom is -0.352 e. The number of benzene rings is 1. The van der Waals surface area contributed by atoms with Gasteiger partial charge in [-0.2, -0.15) is 0 Å². The second-order valence-corrected chi connectivity index (χ2v) is 9.48. The fraction of sp³-hybridized carbons (Fsp3) is 0.652. The monoisotopic (exact) mass is 383 g/mol. The van der Waals surface area contributed by atoms with Gasteiger partial charge in [-0.25, -0.2) is 0 Å². The number of carbonyl (C=O) groups excluding carboxylic acids is 2. The number of amides is 2. The average molecular weight is 384 g/mol.